The largest absolute Gasteiger partial charge is 0.507 e. The normalized spacial score (nSPS) is 27.9. The summed E-state index contributed by atoms with van der Waals surface area (Å²) >= 11 is 0. The molecule has 7 N–H and O–H groups in total. The fourth-order valence-corrected chi connectivity index (χ4v) is 5.73. The van der Waals surface area contributed by atoms with Gasteiger partial charge in [-0.3, -0.25) is 14.4 Å². The van der Waals surface area contributed by atoms with Gasteiger partial charge in [0.1, 0.15) is 23.9 Å². The van der Waals surface area contributed by atoms with Gasteiger partial charge in [0, 0.05) is 42.0 Å². The average molecular weight is 544 g/mol. The van der Waals surface area contributed by atoms with Gasteiger partial charge in [-0.15, -0.1) is 0 Å². The van der Waals surface area contributed by atoms with E-state index in [4.69, 9.17) is 19.9 Å². The molecule has 1 saturated heterocycles. The fraction of sp³-hybridized carbons (Fsp3) is 0.444. The number of carbonyl (C=O) groups is 3. The summed E-state index contributed by atoms with van der Waals surface area (Å²) in [5.74, 6) is -3.85. The van der Waals surface area contributed by atoms with E-state index in [-0.39, 0.29) is 52.8 Å². The molecule has 1 heterocycles. The Morgan fingerprint density at radius 2 is 1.77 bits per heavy atom. The van der Waals surface area contributed by atoms with Crippen molar-refractivity contribution < 1.29 is 54.1 Å². The topological polar surface area (TPSA) is 206 Å². The van der Waals surface area contributed by atoms with Crippen molar-refractivity contribution in [3.05, 3.63) is 51.1 Å². The van der Waals surface area contributed by atoms with Crippen LogP contribution in [0.3, 0.4) is 0 Å². The van der Waals surface area contributed by atoms with Crippen molar-refractivity contribution in [3.8, 4) is 17.2 Å². The minimum atomic E-state index is -1.06. The summed E-state index contributed by atoms with van der Waals surface area (Å²) in [4.78, 5) is 39.6. The summed E-state index contributed by atoms with van der Waals surface area (Å²) in [6, 6.07) is 1.80. The van der Waals surface area contributed by atoms with Crippen molar-refractivity contribution >= 4 is 17.3 Å². The lowest BCUT2D eigenvalue weighted by Crippen LogP contribution is -2.52. The van der Waals surface area contributed by atoms with Crippen molar-refractivity contribution in [3.63, 3.8) is 0 Å². The number of aromatic hydroxyl groups is 2. The molecule has 0 aromatic heterocycles. The van der Waals surface area contributed by atoms with Crippen LogP contribution in [0.25, 0.3) is 0 Å². The number of phenolic OH excluding ortho intramolecular Hbond substituents is 2. The van der Waals surface area contributed by atoms with E-state index in [9.17, 15) is 39.9 Å². The quantitative estimate of drug-likeness (QED) is 0.189. The molecule has 0 radical (unpaired) electrons. The number of aliphatic hydroxyl groups is 3. The third kappa shape index (κ3) is 4.20. The summed E-state index contributed by atoms with van der Waals surface area (Å²) in [7, 11) is 1.19. The van der Waals surface area contributed by atoms with Crippen LogP contribution in [0.4, 0.5) is 0 Å². The van der Waals surface area contributed by atoms with Crippen molar-refractivity contribution in [1.29, 1.82) is 0 Å². The second-order valence-corrected chi connectivity index (χ2v) is 10.0. The zero-order chi connectivity index (χ0) is 28.3. The number of aliphatic hydroxyl groups excluding tert-OH is 3. The summed E-state index contributed by atoms with van der Waals surface area (Å²) in [5, 5.41) is 52.7. The van der Waals surface area contributed by atoms with E-state index in [1.807, 2.05) is 0 Å². The van der Waals surface area contributed by atoms with Crippen LogP contribution in [0.15, 0.2) is 12.1 Å². The third-order valence-electron chi connectivity index (χ3n) is 7.64. The molecule has 0 spiro atoms. The van der Waals surface area contributed by atoms with Crippen LogP contribution in [0, 0.1) is 0 Å². The molecule has 2 aromatic rings. The third-order valence-corrected chi connectivity index (χ3v) is 7.64. The summed E-state index contributed by atoms with van der Waals surface area (Å²) in [5.41, 5.74) is 4.55. The highest BCUT2D eigenvalue weighted by atomic mass is 16.7. The molecule has 2 aliphatic carbocycles. The lowest BCUT2D eigenvalue weighted by Gasteiger charge is -2.39. The minimum absolute atomic E-state index is 0.0126. The molecule has 1 fully saturated rings. The molecule has 12 nitrogen and oxygen atoms in total. The van der Waals surface area contributed by atoms with Crippen LogP contribution in [-0.2, 0) is 15.9 Å². The van der Waals surface area contributed by atoms with Crippen LogP contribution in [0.2, 0.25) is 0 Å². The number of ether oxygens (including phenoxy) is 3. The van der Waals surface area contributed by atoms with Gasteiger partial charge in [-0.1, -0.05) is 0 Å². The van der Waals surface area contributed by atoms with Gasteiger partial charge in [0.05, 0.1) is 53.8 Å². The van der Waals surface area contributed by atoms with E-state index < -0.39 is 83.3 Å². The van der Waals surface area contributed by atoms with E-state index in [1.165, 1.54) is 19.2 Å². The van der Waals surface area contributed by atoms with E-state index in [1.54, 1.807) is 6.92 Å². The monoisotopic (exact) mass is 543 g/mol. The van der Waals surface area contributed by atoms with Gasteiger partial charge < -0.3 is 45.5 Å². The number of ketones is 3. The van der Waals surface area contributed by atoms with Gasteiger partial charge in [0.2, 0.25) is 5.78 Å². The maximum atomic E-state index is 13.8. The van der Waals surface area contributed by atoms with E-state index in [0.29, 0.717) is 0 Å². The summed E-state index contributed by atoms with van der Waals surface area (Å²) in [6.45, 7) is 0.756. The number of methoxy groups -OCH3 is 1. The van der Waals surface area contributed by atoms with E-state index in [0.717, 1.165) is 0 Å². The zero-order valence-corrected chi connectivity index (χ0v) is 21.2. The van der Waals surface area contributed by atoms with E-state index >= 15 is 0 Å². The van der Waals surface area contributed by atoms with Crippen LogP contribution < -0.4 is 10.5 Å². The molecule has 2 unspecified atom stereocenters. The summed E-state index contributed by atoms with van der Waals surface area (Å²) in [6.07, 6.45) is -4.62. The Hall–Kier alpha value is -3.39. The Labute approximate surface area is 222 Å². The number of Topliss-reactive ketones (excluding diaryl/α,β-unsaturated/α-hetero) is 1. The standard InChI is InChI=1S/C27H29NO11/c1-9-22(32)14(28)7-17(38-9)39-16-6-10(30)5-13-18(16)25(35)21-20(24(13)34)23(33)12-4-3-11(15(31)8-29)27(37-2)19(12)26(21)36/h3-4,9-10,14,16-17,22,29-30,32,34-35H,5-8,28H2,1-2H3/t9-,10?,14-,16?,17-,22+/m0/s1. The molecule has 0 amide bonds. The Balaban J connectivity index is 1.65. The molecular formula is C27H29NO11. The summed E-state index contributed by atoms with van der Waals surface area (Å²) < 4.78 is 17.0. The van der Waals surface area contributed by atoms with Gasteiger partial charge in [-0.05, 0) is 19.1 Å². The molecular weight excluding hydrogens is 514 g/mol. The molecule has 6 atom stereocenters. The molecule has 39 heavy (non-hydrogen) atoms. The number of benzene rings is 2. The number of fused-ring (bicyclic) bond motifs is 3. The lowest BCUT2D eigenvalue weighted by atomic mass is 9.76. The lowest BCUT2D eigenvalue weighted by molar-refractivity contribution is -0.244. The predicted molar refractivity (Wildman–Crippen MR) is 132 cm³/mol. The highest BCUT2D eigenvalue weighted by molar-refractivity contribution is 6.32. The molecule has 0 saturated carbocycles. The molecule has 208 valence electrons. The number of rotatable bonds is 5. The number of hydrogen-bond donors (Lipinski definition) is 6. The SMILES string of the molecule is COc1c(C(=O)CO)ccc2c1C(=O)c1c(O)c3c(c(O)c1C2=O)CC(O)CC3O[C@H]1C[C@H](N)[C@H](O)[C@H](C)O1. The number of phenols is 2. The smallest absolute Gasteiger partial charge is 0.202 e. The average Bonchev–Trinajstić information content (AvgIpc) is 2.90. The molecule has 0 bridgehead atoms. The highest BCUT2D eigenvalue weighted by Gasteiger charge is 2.44. The van der Waals surface area contributed by atoms with Crippen LogP contribution >= 0.6 is 0 Å². The molecule has 1 aliphatic heterocycles. The van der Waals surface area contributed by atoms with Crippen molar-refractivity contribution in [2.75, 3.05) is 13.7 Å². The first kappa shape index (κ1) is 27.2. The molecule has 12 heteroatoms. The Bertz CT molecular complexity index is 1370. The fourth-order valence-electron chi connectivity index (χ4n) is 5.73. The molecule has 2 aromatic carbocycles. The van der Waals surface area contributed by atoms with Gasteiger partial charge in [-0.2, -0.15) is 0 Å². The van der Waals surface area contributed by atoms with Crippen molar-refractivity contribution in [1.82, 2.24) is 0 Å². The van der Waals surface area contributed by atoms with E-state index in [2.05, 4.69) is 0 Å². The van der Waals surface area contributed by atoms with Crippen molar-refractivity contribution in [2.24, 2.45) is 5.73 Å². The first-order valence-corrected chi connectivity index (χ1v) is 12.5. The van der Waals surface area contributed by atoms with Crippen LogP contribution in [-0.4, -0.2) is 87.2 Å². The molecule has 3 aliphatic rings. The zero-order valence-electron chi connectivity index (χ0n) is 21.2. The first-order chi connectivity index (χ1) is 18.5. The van der Waals surface area contributed by atoms with Gasteiger partial charge in [-0.25, -0.2) is 0 Å². The second kappa shape index (κ2) is 9.97. The highest BCUT2D eigenvalue weighted by Crippen LogP contribution is 2.51. The maximum Gasteiger partial charge on any atom is 0.202 e. The minimum Gasteiger partial charge on any atom is -0.507 e. The Morgan fingerprint density at radius 3 is 2.41 bits per heavy atom. The van der Waals surface area contributed by atoms with Gasteiger partial charge >= 0.3 is 0 Å². The first-order valence-electron chi connectivity index (χ1n) is 12.5. The predicted octanol–water partition coefficient (Wildman–Crippen LogP) is 0.245. The second-order valence-electron chi connectivity index (χ2n) is 10.0. The Kier molecular flexibility index (Phi) is 6.95. The Morgan fingerprint density at radius 1 is 1.08 bits per heavy atom. The van der Waals surface area contributed by atoms with Gasteiger partial charge in [0.15, 0.2) is 17.9 Å². The number of nitrogens with two attached hydrogens (primary N) is 1. The van der Waals surface area contributed by atoms with Crippen molar-refractivity contribution in [2.45, 2.75) is 62.9 Å². The van der Waals surface area contributed by atoms with Crippen LogP contribution in [0.5, 0.6) is 17.2 Å². The molecule has 5 rings (SSSR count). The van der Waals surface area contributed by atoms with Crippen LogP contribution in [0.1, 0.15) is 79.2 Å². The number of carbonyl (C=O) groups excluding carboxylic acids is 3. The maximum absolute atomic E-state index is 13.8. The number of hydrogen-bond acceptors (Lipinski definition) is 12. The van der Waals surface area contributed by atoms with Gasteiger partial charge in [0.25, 0.3) is 0 Å².